The molecule has 0 unspecified atom stereocenters. The fourth-order valence-corrected chi connectivity index (χ4v) is 6.20. The lowest BCUT2D eigenvalue weighted by molar-refractivity contribution is 0.0997. The van der Waals surface area contributed by atoms with Crippen molar-refractivity contribution in [1.82, 2.24) is 8.87 Å². The summed E-state index contributed by atoms with van der Waals surface area (Å²) in [6, 6.07) is 9.99. The molecule has 0 spiro atoms. The van der Waals surface area contributed by atoms with Gasteiger partial charge in [-0.15, -0.1) is 19.7 Å². The number of amides is 1. The molecular formula is C25H27N3O3S2. The van der Waals surface area contributed by atoms with Gasteiger partial charge in [0, 0.05) is 25.2 Å². The maximum Gasteiger partial charge on any atom is 0.279 e. The molecule has 0 radical (unpaired) electrons. The Labute approximate surface area is 198 Å². The van der Waals surface area contributed by atoms with Gasteiger partial charge in [-0.05, 0) is 55.3 Å². The van der Waals surface area contributed by atoms with E-state index in [1.54, 1.807) is 6.08 Å². The van der Waals surface area contributed by atoms with Crippen molar-refractivity contribution in [2.45, 2.75) is 25.3 Å². The number of hydrogen-bond donors (Lipinski definition) is 0. The minimum absolute atomic E-state index is 0.0948. The molecule has 1 amide bonds. The van der Waals surface area contributed by atoms with E-state index in [1.165, 1.54) is 52.1 Å². The number of hydrogen-bond acceptors (Lipinski definition) is 4. The molecule has 3 aromatic rings. The van der Waals surface area contributed by atoms with Crippen LogP contribution in [-0.4, -0.2) is 36.3 Å². The van der Waals surface area contributed by atoms with Gasteiger partial charge in [-0.2, -0.15) is 9.30 Å². The molecule has 33 heavy (non-hydrogen) atoms. The van der Waals surface area contributed by atoms with E-state index < -0.39 is 15.9 Å². The van der Waals surface area contributed by atoms with Gasteiger partial charge in [0.25, 0.3) is 5.91 Å². The van der Waals surface area contributed by atoms with E-state index in [1.807, 2.05) is 18.4 Å². The molecule has 1 aromatic heterocycles. The second-order valence-electron chi connectivity index (χ2n) is 7.55. The second kappa shape index (κ2) is 10.2. The Morgan fingerprint density at radius 1 is 1.06 bits per heavy atom. The number of allylic oxidation sites excluding steroid dienone is 1. The Balaban J connectivity index is 2.00. The van der Waals surface area contributed by atoms with Gasteiger partial charge in [0.15, 0.2) is 4.80 Å². The number of nitrogens with zero attached hydrogens (tertiary/aromatic N) is 3. The van der Waals surface area contributed by atoms with Crippen molar-refractivity contribution in [3.8, 4) is 0 Å². The van der Waals surface area contributed by atoms with Gasteiger partial charge >= 0.3 is 0 Å². The van der Waals surface area contributed by atoms with Crippen LogP contribution < -0.4 is 4.80 Å². The molecule has 2 aromatic carbocycles. The largest absolute Gasteiger partial charge is 0.312 e. The highest BCUT2D eigenvalue weighted by atomic mass is 32.2. The molecule has 0 saturated heterocycles. The normalized spacial score (nSPS) is 12.3. The van der Waals surface area contributed by atoms with E-state index in [0.717, 1.165) is 21.3 Å². The van der Waals surface area contributed by atoms with Crippen LogP contribution in [0.1, 0.15) is 21.5 Å². The zero-order chi connectivity index (χ0) is 24.2. The highest BCUT2D eigenvalue weighted by molar-refractivity contribution is 7.89. The summed E-state index contributed by atoms with van der Waals surface area (Å²) in [5, 5.41) is 0. The second-order valence-corrected chi connectivity index (χ2v) is 10.5. The molecule has 6 nitrogen and oxygen atoms in total. The number of aryl methyl sites for hydroxylation is 2. The monoisotopic (exact) mass is 481 g/mol. The molecule has 0 aliphatic carbocycles. The summed E-state index contributed by atoms with van der Waals surface area (Å²) in [6.45, 7) is 16.0. The van der Waals surface area contributed by atoms with Crippen LogP contribution >= 0.6 is 11.3 Å². The van der Waals surface area contributed by atoms with Crippen LogP contribution in [0.5, 0.6) is 0 Å². The molecule has 0 bridgehead atoms. The third kappa shape index (κ3) is 5.13. The predicted octanol–water partition coefficient (Wildman–Crippen LogP) is 4.61. The number of carbonyl (C=O) groups excluding carboxylic acids is 1. The van der Waals surface area contributed by atoms with Gasteiger partial charge in [-0.3, -0.25) is 4.79 Å². The van der Waals surface area contributed by atoms with E-state index in [0.29, 0.717) is 16.9 Å². The molecule has 0 saturated carbocycles. The first-order valence-corrected chi connectivity index (χ1v) is 12.6. The summed E-state index contributed by atoms with van der Waals surface area (Å²) in [5.41, 5.74) is 3.59. The third-order valence-corrected chi connectivity index (χ3v) is 7.90. The Hall–Kier alpha value is -3.07. The average Bonchev–Trinajstić information content (AvgIpc) is 3.10. The minimum atomic E-state index is -3.73. The van der Waals surface area contributed by atoms with Crippen LogP contribution in [0, 0.1) is 13.8 Å². The summed E-state index contributed by atoms with van der Waals surface area (Å²) in [4.78, 5) is 17.9. The topological polar surface area (TPSA) is 71.7 Å². The van der Waals surface area contributed by atoms with Gasteiger partial charge in [0.1, 0.15) is 0 Å². The molecule has 3 rings (SSSR count). The molecule has 1 heterocycles. The summed E-state index contributed by atoms with van der Waals surface area (Å²) >= 11 is 1.44. The molecule has 0 fully saturated rings. The minimum Gasteiger partial charge on any atom is -0.312 e. The summed E-state index contributed by atoms with van der Waals surface area (Å²) in [5.74, 6) is -0.438. The highest BCUT2D eigenvalue weighted by Crippen LogP contribution is 2.23. The van der Waals surface area contributed by atoms with E-state index in [9.17, 15) is 13.2 Å². The zero-order valence-corrected chi connectivity index (χ0v) is 20.5. The average molecular weight is 482 g/mol. The number of sulfonamides is 1. The van der Waals surface area contributed by atoms with Crippen LogP contribution in [-0.2, 0) is 16.6 Å². The molecular weight excluding hydrogens is 454 g/mol. The number of rotatable bonds is 9. The Morgan fingerprint density at radius 3 is 2.27 bits per heavy atom. The molecule has 0 N–H and O–H groups in total. The first-order valence-electron chi connectivity index (χ1n) is 10.4. The van der Waals surface area contributed by atoms with Crippen molar-refractivity contribution >= 4 is 37.5 Å². The fourth-order valence-electron chi connectivity index (χ4n) is 3.60. The quantitative estimate of drug-likeness (QED) is 0.419. The van der Waals surface area contributed by atoms with Crippen LogP contribution in [0.15, 0.2) is 84.3 Å². The lowest BCUT2D eigenvalue weighted by Crippen LogP contribution is -2.31. The maximum absolute atomic E-state index is 12.9. The number of benzene rings is 2. The number of fused-ring (bicyclic) bond motifs is 1. The predicted molar refractivity (Wildman–Crippen MR) is 135 cm³/mol. The fraction of sp³-hybridized carbons (Fsp3) is 0.200. The number of carbonyl (C=O) groups is 1. The van der Waals surface area contributed by atoms with Crippen molar-refractivity contribution < 1.29 is 13.2 Å². The van der Waals surface area contributed by atoms with Crippen molar-refractivity contribution in [3.63, 3.8) is 0 Å². The van der Waals surface area contributed by atoms with Crippen LogP contribution in [0.3, 0.4) is 0 Å². The Morgan fingerprint density at radius 2 is 1.70 bits per heavy atom. The van der Waals surface area contributed by atoms with E-state index >= 15 is 0 Å². The van der Waals surface area contributed by atoms with Gasteiger partial charge in [-0.25, -0.2) is 8.42 Å². The van der Waals surface area contributed by atoms with Gasteiger partial charge in [0.2, 0.25) is 10.0 Å². The molecule has 0 atom stereocenters. The summed E-state index contributed by atoms with van der Waals surface area (Å²) in [6.07, 6.45) is 4.81. The first-order chi connectivity index (χ1) is 15.7. The Bertz CT molecular complexity index is 1390. The maximum atomic E-state index is 12.9. The summed E-state index contributed by atoms with van der Waals surface area (Å²) < 4.78 is 30.0. The molecule has 8 heteroatoms. The number of aromatic nitrogens is 1. The van der Waals surface area contributed by atoms with Crippen molar-refractivity contribution in [3.05, 3.63) is 95.9 Å². The van der Waals surface area contributed by atoms with Gasteiger partial charge < -0.3 is 4.57 Å². The third-order valence-electron chi connectivity index (χ3n) is 5.03. The molecule has 0 aliphatic rings. The van der Waals surface area contributed by atoms with Crippen molar-refractivity contribution in [2.75, 3.05) is 13.1 Å². The lowest BCUT2D eigenvalue weighted by Gasteiger charge is -2.19. The van der Waals surface area contributed by atoms with Crippen LogP contribution in [0.2, 0.25) is 0 Å². The van der Waals surface area contributed by atoms with E-state index in [-0.39, 0.29) is 18.0 Å². The van der Waals surface area contributed by atoms with Crippen LogP contribution in [0.4, 0.5) is 0 Å². The highest BCUT2D eigenvalue weighted by Gasteiger charge is 2.22. The smallest absolute Gasteiger partial charge is 0.279 e. The van der Waals surface area contributed by atoms with Crippen molar-refractivity contribution in [2.24, 2.45) is 4.99 Å². The first kappa shape index (κ1) is 24.6. The van der Waals surface area contributed by atoms with Crippen molar-refractivity contribution in [1.29, 1.82) is 0 Å². The standard InChI is InChI=1S/C25H27N3O3S2/c1-6-13-27(14-7-2)33(30,31)21-11-9-20(10-12-21)24(29)26-25-28(15-8-3)23-19(5)16-18(4)17-22(23)32-25/h6-12,16-17H,1-3,13-15H2,4-5H3. The lowest BCUT2D eigenvalue weighted by atomic mass is 10.1. The van der Waals surface area contributed by atoms with Crippen LogP contribution in [0.25, 0.3) is 10.2 Å². The summed E-state index contributed by atoms with van der Waals surface area (Å²) in [7, 11) is -3.73. The Kier molecular flexibility index (Phi) is 7.63. The molecule has 172 valence electrons. The molecule has 0 aliphatic heterocycles. The zero-order valence-electron chi connectivity index (χ0n) is 18.8. The SMILES string of the molecule is C=CCN(CC=C)S(=O)(=O)c1ccc(C(=O)N=c2sc3cc(C)cc(C)c3n2CC=C)cc1. The van der Waals surface area contributed by atoms with E-state index in [2.05, 4.69) is 36.9 Å². The van der Waals surface area contributed by atoms with E-state index in [4.69, 9.17) is 0 Å². The van der Waals surface area contributed by atoms with Gasteiger partial charge in [0.05, 0.1) is 15.1 Å². The number of thiazole rings is 1. The van der Waals surface area contributed by atoms with Gasteiger partial charge in [-0.1, -0.05) is 35.6 Å².